The van der Waals surface area contributed by atoms with Crippen molar-refractivity contribution in [3.05, 3.63) is 35.9 Å². The Hall–Kier alpha value is -0.820. The summed E-state index contributed by atoms with van der Waals surface area (Å²) >= 11 is 0. The quantitative estimate of drug-likeness (QED) is 0.735. The smallest absolute Gasteiger partial charge is 0.00205 e. The fourth-order valence-electron chi connectivity index (χ4n) is 2.75. The van der Waals surface area contributed by atoms with Crippen LogP contribution in [0, 0.1) is 5.92 Å². The first-order valence-corrected chi connectivity index (χ1v) is 7.20. The lowest BCUT2D eigenvalue weighted by Crippen LogP contribution is -2.29. The summed E-state index contributed by atoms with van der Waals surface area (Å²) in [6, 6.07) is 10.9. The number of nitrogens with one attached hydrogen (secondary N) is 1. The van der Waals surface area contributed by atoms with E-state index in [9.17, 15) is 0 Å². The zero-order chi connectivity index (χ0) is 11.8. The topological polar surface area (TPSA) is 12.0 Å². The second kappa shape index (κ2) is 7.50. The van der Waals surface area contributed by atoms with Gasteiger partial charge < -0.3 is 5.32 Å². The van der Waals surface area contributed by atoms with Crippen LogP contribution in [0.3, 0.4) is 0 Å². The summed E-state index contributed by atoms with van der Waals surface area (Å²) < 4.78 is 0. The molecule has 1 aliphatic heterocycles. The minimum atomic E-state index is 0.959. The third kappa shape index (κ3) is 4.91. The molecule has 0 bridgehead atoms. The van der Waals surface area contributed by atoms with Gasteiger partial charge >= 0.3 is 0 Å². The second-order valence-electron chi connectivity index (χ2n) is 5.30. The van der Waals surface area contributed by atoms with Gasteiger partial charge in [-0.05, 0) is 56.7 Å². The molecule has 17 heavy (non-hydrogen) atoms. The van der Waals surface area contributed by atoms with Gasteiger partial charge in [-0.25, -0.2) is 0 Å². The molecular formula is C16H25N. The van der Waals surface area contributed by atoms with Gasteiger partial charge in [-0.1, -0.05) is 43.2 Å². The average molecular weight is 231 g/mol. The molecule has 1 atom stereocenters. The minimum Gasteiger partial charge on any atom is -0.316 e. The Balaban J connectivity index is 1.51. The van der Waals surface area contributed by atoms with Crippen molar-refractivity contribution < 1.29 is 0 Å². The Morgan fingerprint density at radius 3 is 2.71 bits per heavy atom. The molecule has 1 heterocycles. The van der Waals surface area contributed by atoms with E-state index in [-0.39, 0.29) is 0 Å². The van der Waals surface area contributed by atoms with Gasteiger partial charge in [-0.2, -0.15) is 0 Å². The van der Waals surface area contributed by atoms with Crippen molar-refractivity contribution in [1.82, 2.24) is 5.32 Å². The van der Waals surface area contributed by atoms with Gasteiger partial charge in [0.1, 0.15) is 0 Å². The van der Waals surface area contributed by atoms with Crippen molar-refractivity contribution in [3.8, 4) is 0 Å². The minimum absolute atomic E-state index is 0.959. The molecule has 0 amide bonds. The van der Waals surface area contributed by atoms with Crippen molar-refractivity contribution in [1.29, 1.82) is 0 Å². The number of benzene rings is 1. The third-order valence-electron chi connectivity index (χ3n) is 3.82. The van der Waals surface area contributed by atoms with E-state index >= 15 is 0 Å². The van der Waals surface area contributed by atoms with Crippen molar-refractivity contribution in [3.63, 3.8) is 0 Å². The lowest BCUT2D eigenvalue weighted by atomic mass is 9.93. The van der Waals surface area contributed by atoms with Crippen LogP contribution >= 0.6 is 0 Å². The maximum Gasteiger partial charge on any atom is -0.00205 e. The molecule has 0 saturated carbocycles. The number of unbranched alkanes of at least 4 members (excludes halogenated alkanes) is 2. The third-order valence-corrected chi connectivity index (χ3v) is 3.82. The Morgan fingerprint density at radius 1 is 1.06 bits per heavy atom. The maximum absolute atomic E-state index is 3.50. The fourth-order valence-corrected chi connectivity index (χ4v) is 2.75. The summed E-state index contributed by atoms with van der Waals surface area (Å²) in [5.74, 6) is 0.959. The summed E-state index contributed by atoms with van der Waals surface area (Å²) in [6.07, 6.45) is 9.68. The van der Waals surface area contributed by atoms with Crippen molar-refractivity contribution in [2.45, 2.75) is 44.9 Å². The molecule has 0 aromatic heterocycles. The van der Waals surface area contributed by atoms with Crippen molar-refractivity contribution >= 4 is 0 Å². The first-order chi connectivity index (χ1) is 8.45. The van der Waals surface area contributed by atoms with Crippen LogP contribution in [0.15, 0.2) is 30.3 Å². The molecule has 1 fully saturated rings. The molecule has 1 unspecified atom stereocenters. The molecule has 1 heteroatoms. The number of hydrogen-bond acceptors (Lipinski definition) is 1. The van der Waals surface area contributed by atoms with Gasteiger partial charge in [0.15, 0.2) is 0 Å². The van der Waals surface area contributed by atoms with Crippen LogP contribution in [0.5, 0.6) is 0 Å². The van der Waals surface area contributed by atoms with E-state index in [1.807, 2.05) is 0 Å². The molecule has 0 aliphatic carbocycles. The molecule has 1 aromatic rings. The number of aryl methyl sites for hydroxylation is 1. The summed E-state index contributed by atoms with van der Waals surface area (Å²) in [6.45, 7) is 2.50. The van der Waals surface area contributed by atoms with E-state index in [1.165, 1.54) is 63.6 Å². The first-order valence-electron chi connectivity index (χ1n) is 7.20. The molecule has 1 saturated heterocycles. The molecule has 2 rings (SSSR count). The van der Waals surface area contributed by atoms with E-state index in [0.717, 1.165) is 5.92 Å². The highest BCUT2D eigenvalue weighted by Crippen LogP contribution is 2.18. The zero-order valence-electron chi connectivity index (χ0n) is 10.8. The summed E-state index contributed by atoms with van der Waals surface area (Å²) in [5, 5.41) is 3.50. The Morgan fingerprint density at radius 2 is 1.94 bits per heavy atom. The Bertz CT molecular complexity index is 288. The van der Waals surface area contributed by atoms with Crippen LogP contribution < -0.4 is 5.32 Å². The monoisotopic (exact) mass is 231 g/mol. The average Bonchev–Trinajstić information content (AvgIpc) is 2.41. The number of piperidine rings is 1. The highest BCUT2D eigenvalue weighted by Gasteiger charge is 2.11. The number of hydrogen-bond donors (Lipinski definition) is 1. The molecule has 1 N–H and O–H groups in total. The molecule has 1 aliphatic rings. The predicted molar refractivity (Wildman–Crippen MR) is 74.2 cm³/mol. The molecule has 1 aromatic carbocycles. The summed E-state index contributed by atoms with van der Waals surface area (Å²) in [4.78, 5) is 0. The molecular weight excluding hydrogens is 206 g/mol. The van der Waals surface area contributed by atoms with Gasteiger partial charge in [0.2, 0.25) is 0 Å². The molecule has 94 valence electrons. The highest BCUT2D eigenvalue weighted by atomic mass is 14.9. The standard InChI is InChI=1S/C16H25N/c1-3-8-15(9-4-1)10-5-2-6-11-16-12-7-13-17-14-16/h1,3-4,8-9,16-17H,2,5-7,10-14H2. The van der Waals surface area contributed by atoms with Crippen LogP contribution in [0.25, 0.3) is 0 Å². The van der Waals surface area contributed by atoms with Crippen LogP contribution in [0.4, 0.5) is 0 Å². The lowest BCUT2D eigenvalue weighted by Gasteiger charge is -2.22. The predicted octanol–water partition coefficient (Wildman–Crippen LogP) is 3.79. The Kier molecular flexibility index (Phi) is 5.57. The zero-order valence-corrected chi connectivity index (χ0v) is 10.8. The van der Waals surface area contributed by atoms with E-state index in [1.54, 1.807) is 0 Å². The van der Waals surface area contributed by atoms with Gasteiger partial charge in [0, 0.05) is 0 Å². The SMILES string of the molecule is c1ccc(CCCCCC2CCCNC2)cc1. The molecule has 0 spiro atoms. The van der Waals surface area contributed by atoms with Crippen molar-refractivity contribution in [2.24, 2.45) is 5.92 Å². The highest BCUT2D eigenvalue weighted by molar-refractivity contribution is 5.14. The van der Waals surface area contributed by atoms with E-state index < -0.39 is 0 Å². The molecule has 1 nitrogen and oxygen atoms in total. The van der Waals surface area contributed by atoms with Gasteiger partial charge in [-0.15, -0.1) is 0 Å². The van der Waals surface area contributed by atoms with Crippen LogP contribution in [-0.4, -0.2) is 13.1 Å². The normalized spacial score (nSPS) is 20.4. The van der Waals surface area contributed by atoms with E-state index in [4.69, 9.17) is 0 Å². The van der Waals surface area contributed by atoms with Crippen LogP contribution in [0.2, 0.25) is 0 Å². The van der Waals surface area contributed by atoms with E-state index in [2.05, 4.69) is 35.6 Å². The van der Waals surface area contributed by atoms with E-state index in [0.29, 0.717) is 0 Å². The first kappa shape index (κ1) is 12.6. The fraction of sp³-hybridized carbons (Fsp3) is 0.625. The Labute approximate surface area is 106 Å². The van der Waals surface area contributed by atoms with Gasteiger partial charge in [0.25, 0.3) is 0 Å². The summed E-state index contributed by atoms with van der Waals surface area (Å²) in [5.41, 5.74) is 1.49. The second-order valence-corrected chi connectivity index (χ2v) is 5.30. The van der Waals surface area contributed by atoms with Crippen LogP contribution in [-0.2, 0) is 6.42 Å². The largest absolute Gasteiger partial charge is 0.316 e. The maximum atomic E-state index is 3.50. The van der Waals surface area contributed by atoms with Crippen LogP contribution in [0.1, 0.15) is 44.1 Å². The number of rotatable bonds is 6. The lowest BCUT2D eigenvalue weighted by molar-refractivity contribution is 0.346. The van der Waals surface area contributed by atoms with Gasteiger partial charge in [-0.3, -0.25) is 0 Å². The summed E-state index contributed by atoms with van der Waals surface area (Å²) in [7, 11) is 0. The molecule has 0 radical (unpaired) electrons. The van der Waals surface area contributed by atoms with Gasteiger partial charge in [0.05, 0.1) is 0 Å². The van der Waals surface area contributed by atoms with Crippen molar-refractivity contribution in [2.75, 3.05) is 13.1 Å².